The summed E-state index contributed by atoms with van der Waals surface area (Å²) in [7, 11) is 0. The van der Waals surface area contributed by atoms with Gasteiger partial charge in [-0.15, -0.1) is 0 Å². The normalized spacial score (nSPS) is 21.4. The first kappa shape index (κ1) is 22.3. The van der Waals surface area contributed by atoms with E-state index in [1.165, 1.54) is 4.90 Å². The van der Waals surface area contributed by atoms with Crippen LogP contribution in [-0.2, 0) is 19.8 Å². The molecule has 2 fully saturated rings. The first-order valence-corrected chi connectivity index (χ1v) is 11.4. The van der Waals surface area contributed by atoms with Gasteiger partial charge in [0.05, 0.1) is 5.41 Å². The highest BCUT2D eigenvalue weighted by molar-refractivity contribution is 6.30. The Labute approximate surface area is 193 Å². The maximum atomic E-state index is 13.0. The minimum absolute atomic E-state index is 0.0265. The van der Waals surface area contributed by atoms with Gasteiger partial charge in [-0.2, -0.15) is 0 Å². The van der Waals surface area contributed by atoms with Gasteiger partial charge in [-0.3, -0.25) is 19.3 Å². The van der Waals surface area contributed by atoms with E-state index in [0.29, 0.717) is 18.1 Å². The van der Waals surface area contributed by atoms with E-state index in [2.05, 4.69) is 11.8 Å². The summed E-state index contributed by atoms with van der Waals surface area (Å²) in [5.41, 5.74) is 2.22. The Bertz CT molecular complexity index is 1030. The number of hydrogen-bond acceptors (Lipinski definition) is 4. The monoisotopic (exact) mass is 453 g/mol. The second kappa shape index (κ2) is 8.94. The lowest BCUT2D eigenvalue weighted by atomic mass is 9.81. The molecule has 0 aliphatic carbocycles. The average molecular weight is 454 g/mol. The number of likely N-dealkylation sites (tertiary alicyclic amines) is 1. The third-order valence-electron chi connectivity index (χ3n) is 6.63. The molecular weight excluding hydrogens is 426 g/mol. The molecular formula is C25H28ClN3O3. The fourth-order valence-electron chi connectivity index (χ4n) is 4.63. The van der Waals surface area contributed by atoms with E-state index in [4.69, 9.17) is 11.6 Å². The van der Waals surface area contributed by atoms with Crippen LogP contribution < -0.4 is 4.90 Å². The molecule has 4 rings (SSSR count). The van der Waals surface area contributed by atoms with E-state index in [1.54, 1.807) is 6.92 Å². The fraction of sp³-hybridized carbons (Fsp3) is 0.400. The van der Waals surface area contributed by atoms with Crippen molar-refractivity contribution in [3.05, 3.63) is 64.7 Å². The highest BCUT2D eigenvalue weighted by Gasteiger charge is 2.49. The zero-order valence-electron chi connectivity index (χ0n) is 18.5. The number of imide groups is 1. The van der Waals surface area contributed by atoms with Crippen molar-refractivity contribution in [3.63, 3.8) is 0 Å². The summed E-state index contributed by atoms with van der Waals surface area (Å²) in [6.07, 6.45) is 0.292. The van der Waals surface area contributed by atoms with E-state index in [-0.39, 0.29) is 37.1 Å². The van der Waals surface area contributed by atoms with Gasteiger partial charge < -0.3 is 9.80 Å². The van der Waals surface area contributed by atoms with Gasteiger partial charge in [0.25, 0.3) is 0 Å². The van der Waals surface area contributed by atoms with E-state index in [9.17, 15) is 14.4 Å². The van der Waals surface area contributed by atoms with Crippen LogP contribution in [-0.4, -0.2) is 60.2 Å². The van der Waals surface area contributed by atoms with Gasteiger partial charge in [0, 0.05) is 56.3 Å². The number of carbonyl (C=O) groups is 3. The summed E-state index contributed by atoms with van der Waals surface area (Å²) in [6.45, 7) is 6.65. The highest BCUT2D eigenvalue weighted by atomic mass is 35.5. The number of benzene rings is 2. The summed E-state index contributed by atoms with van der Waals surface area (Å²) >= 11 is 6.15. The lowest BCUT2D eigenvalue weighted by Gasteiger charge is -2.37. The molecule has 0 N–H and O–H groups in total. The quantitative estimate of drug-likeness (QED) is 0.651. The smallest absolute Gasteiger partial charge is 0.240 e. The molecule has 0 bridgehead atoms. The molecule has 32 heavy (non-hydrogen) atoms. The number of nitrogens with zero attached hydrogens (tertiary/aromatic N) is 3. The van der Waals surface area contributed by atoms with Crippen LogP contribution in [0.1, 0.15) is 30.9 Å². The van der Waals surface area contributed by atoms with Crippen molar-refractivity contribution in [2.45, 2.75) is 32.1 Å². The lowest BCUT2D eigenvalue weighted by Crippen LogP contribution is -2.49. The first-order chi connectivity index (χ1) is 15.3. The van der Waals surface area contributed by atoms with Crippen molar-refractivity contribution in [1.29, 1.82) is 0 Å². The van der Waals surface area contributed by atoms with E-state index >= 15 is 0 Å². The summed E-state index contributed by atoms with van der Waals surface area (Å²) in [5, 5.41) is 0.701. The van der Waals surface area contributed by atoms with Gasteiger partial charge >= 0.3 is 0 Å². The Morgan fingerprint density at radius 2 is 1.72 bits per heavy atom. The van der Waals surface area contributed by atoms with E-state index < -0.39 is 5.41 Å². The minimum Gasteiger partial charge on any atom is -0.368 e. The Morgan fingerprint density at radius 1 is 1.03 bits per heavy atom. The maximum Gasteiger partial charge on any atom is 0.240 e. The highest BCUT2D eigenvalue weighted by Crippen LogP contribution is 2.36. The predicted octanol–water partition coefficient (Wildman–Crippen LogP) is 3.40. The molecule has 0 radical (unpaired) electrons. The largest absolute Gasteiger partial charge is 0.368 e. The summed E-state index contributed by atoms with van der Waals surface area (Å²) in [6, 6.07) is 15.2. The molecule has 0 spiro atoms. The van der Waals surface area contributed by atoms with Gasteiger partial charge in [-0.05, 0) is 37.1 Å². The number of carbonyl (C=O) groups excluding carboxylic acids is 3. The second-order valence-electron chi connectivity index (χ2n) is 8.77. The topological polar surface area (TPSA) is 60.9 Å². The number of anilines is 1. The SMILES string of the molecule is Cc1ccc(Cl)cc1N1CCN(C(=O)CCN2C(=O)CC(C)(c3ccccc3)C2=O)CC1. The van der Waals surface area contributed by atoms with Gasteiger partial charge in [0.2, 0.25) is 17.7 Å². The summed E-state index contributed by atoms with van der Waals surface area (Å²) < 4.78 is 0. The molecule has 3 amide bonds. The Morgan fingerprint density at radius 3 is 2.41 bits per heavy atom. The maximum absolute atomic E-state index is 13.0. The molecule has 6 nitrogen and oxygen atoms in total. The molecule has 2 heterocycles. The molecule has 2 aromatic rings. The summed E-state index contributed by atoms with van der Waals surface area (Å²) in [4.78, 5) is 43.8. The van der Waals surface area contributed by atoms with Crippen molar-refractivity contribution >= 4 is 35.0 Å². The van der Waals surface area contributed by atoms with Crippen molar-refractivity contribution in [2.24, 2.45) is 0 Å². The van der Waals surface area contributed by atoms with Crippen LogP contribution in [0.5, 0.6) is 0 Å². The van der Waals surface area contributed by atoms with Crippen LogP contribution in [0, 0.1) is 6.92 Å². The van der Waals surface area contributed by atoms with Crippen LogP contribution in [0.4, 0.5) is 5.69 Å². The molecule has 2 aliphatic rings. The zero-order chi connectivity index (χ0) is 22.9. The predicted molar refractivity (Wildman–Crippen MR) is 125 cm³/mol. The number of piperazine rings is 1. The molecule has 1 atom stereocenters. The number of halogens is 1. The van der Waals surface area contributed by atoms with Crippen LogP contribution in [0.2, 0.25) is 5.02 Å². The zero-order valence-corrected chi connectivity index (χ0v) is 19.3. The van der Waals surface area contributed by atoms with Crippen LogP contribution in [0.3, 0.4) is 0 Å². The minimum atomic E-state index is -0.859. The molecule has 7 heteroatoms. The number of rotatable bonds is 5. The molecule has 0 aromatic heterocycles. The number of aryl methyl sites for hydroxylation is 1. The first-order valence-electron chi connectivity index (χ1n) is 11.0. The number of amides is 3. The van der Waals surface area contributed by atoms with Gasteiger partial charge in [0.1, 0.15) is 0 Å². The van der Waals surface area contributed by atoms with E-state index in [0.717, 1.165) is 29.9 Å². The Balaban J connectivity index is 1.33. The standard InChI is InChI=1S/C25H28ClN3O3/c1-18-8-9-20(26)16-21(18)27-12-14-28(15-13-27)22(30)10-11-29-23(31)17-25(2,24(29)32)19-6-4-3-5-7-19/h3-9,16H,10-15,17H2,1-2H3. The second-order valence-corrected chi connectivity index (χ2v) is 9.21. The molecule has 0 saturated carbocycles. The van der Waals surface area contributed by atoms with Gasteiger partial charge in [0.15, 0.2) is 0 Å². The molecule has 2 saturated heterocycles. The van der Waals surface area contributed by atoms with Crippen molar-refractivity contribution < 1.29 is 14.4 Å². The van der Waals surface area contributed by atoms with Gasteiger partial charge in [-0.25, -0.2) is 0 Å². The molecule has 168 valence electrons. The van der Waals surface area contributed by atoms with Crippen molar-refractivity contribution in [3.8, 4) is 0 Å². The average Bonchev–Trinajstić information content (AvgIpc) is 3.03. The van der Waals surface area contributed by atoms with Crippen molar-refractivity contribution in [1.82, 2.24) is 9.80 Å². The van der Waals surface area contributed by atoms with Crippen LogP contribution >= 0.6 is 11.6 Å². The number of hydrogen-bond donors (Lipinski definition) is 0. The van der Waals surface area contributed by atoms with Crippen molar-refractivity contribution in [2.75, 3.05) is 37.6 Å². The van der Waals surface area contributed by atoms with Crippen LogP contribution in [0.15, 0.2) is 48.5 Å². The molecule has 2 aromatic carbocycles. The third-order valence-corrected chi connectivity index (χ3v) is 6.86. The molecule has 1 unspecified atom stereocenters. The fourth-order valence-corrected chi connectivity index (χ4v) is 4.79. The lowest BCUT2D eigenvalue weighted by molar-refractivity contribution is -0.140. The Hall–Kier alpha value is -2.86. The Kier molecular flexibility index (Phi) is 6.24. The van der Waals surface area contributed by atoms with Crippen LogP contribution in [0.25, 0.3) is 0 Å². The molecule has 2 aliphatic heterocycles. The summed E-state index contributed by atoms with van der Waals surface area (Å²) in [5.74, 6) is -0.459. The van der Waals surface area contributed by atoms with Gasteiger partial charge in [-0.1, -0.05) is 48.0 Å². The third kappa shape index (κ3) is 4.24. The van der Waals surface area contributed by atoms with E-state index in [1.807, 2.05) is 53.4 Å².